The summed E-state index contributed by atoms with van der Waals surface area (Å²) in [5.41, 5.74) is 6.28. The summed E-state index contributed by atoms with van der Waals surface area (Å²) in [6, 6.07) is 11.7. The van der Waals surface area contributed by atoms with E-state index in [0.717, 1.165) is 17.7 Å². The van der Waals surface area contributed by atoms with E-state index in [1.807, 2.05) is 6.92 Å². The second-order valence-corrected chi connectivity index (χ2v) is 5.88. The van der Waals surface area contributed by atoms with Crippen molar-refractivity contribution in [3.05, 3.63) is 65.5 Å². The minimum absolute atomic E-state index is 0.232. The number of amides is 1. The largest absolute Gasteiger partial charge is 0.271 e. The Morgan fingerprint density at radius 1 is 1.00 bits per heavy atom. The van der Waals surface area contributed by atoms with Crippen molar-refractivity contribution >= 4 is 11.6 Å². The lowest BCUT2D eigenvalue weighted by molar-refractivity contribution is 0.0954. The Labute approximate surface area is 144 Å². The van der Waals surface area contributed by atoms with E-state index in [4.69, 9.17) is 0 Å². The molecule has 0 atom stereocenters. The molecule has 1 heterocycles. The van der Waals surface area contributed by atoms with E-state index in [1.54, 1.807) is 24.5 Å². The molecule has 1 amide bonds. The number of hydrogen-bond acceptors (Lipinski definition) is 3. The van der Waals surface area contributed by atoms with Gasteiger partial charge in [-0.2, -0.15) is 5.10 Å². The van der Waals surface area contributed by atoms with E-state index in [0.29, 0.717) is 5.56 Å². The standard InChI is InChI=1S/C20H25N3O/c1-3-4-5-6-7-17-8-10-18(11-9-17)16(2)22-23-20(24)19-12-14-21-15-13-19/h8-15H,3-7H2,1-2H3,(H,23,24). The van der Waals surface area contributed by atoms with Crippen LogP contribution in [0, 0.1) is 0 Å². The van der Waals surface area contributed by atoms with Gasteiger partial charge in [0.15, 0.2) is 0 Å². The summed E-state index contributed by atoms with van der Waals surface area (Å²) in [6.45, 7) is 4.12. The summed E-state index contributed by atoms with van der Waals surface area (Å²) in [6.07, 6.45) is 9.40. The summed E-state index contributed by atoms with van der Waals surface area (Å²) in [7, 11) is 0. The lowest BCUT2D eigenvalue weighted by Gasteiger charge is -2.05. The number of unbranched alkanes of at least 4 members (excludes halogenated alkanes) is 3. The SMILES string of the molecule is CCCCCCc1ccc(C(C)=NNC(=O)c2ccncc2)cc1. The van der Waals surface area contributed by atoms with E-state index in [-0.39, 0.29) is 5.91 Å². The molecule has 24 heavy (non-hydrogen) atoms. The Hall–Kier alpha value is -2.49. The zero-order valence-electron chi connectivity index (χ0n) is 14.5. The van der Waals surface area contributed by atoms with E-state index in [9.17, 15) is 4.79 Å². The second kappa shape index (κ2) is 9.60. The van der Waals surface area contributed by atoms with Crippen molar-refractivity contribution in [1.29, 1.82) is 0 Å². The molecular formula is C20H25N3O. The van der Waals surface area contributed by atoms with Gasteiger partial charge in [-0.1, -0.05) is 50.5 Å². The number of pyridine rings is 1. The number of nitrogens with zero attached hydrogens (tertiary/aromatic N) is 2. The van der Waals surface area contributed by atoms with Gasteiger partial charge in [0.2, 0.25) is 0 Å². The molecule has 0 radical (unpaired) electrons. The second-order valence-electron chi connectivity index (χ2n) is 5.88. The summed E-state index contributed by atoms with van der Waals surface area (Å²) >= 11 is 0. The Balaban J connectivity index is 1.89. The van der Waals surface area contributed by atoms with Crippen LogP contribution in [-0.4, -0.2) is 16.6 Å². The number of nitrogens with one attached hydrogen (secondary N) is 1. The van der Waals surface area contributed by atoms with E-state index in [2.05, 4.69) is 46.7 Å². The highest BCUT2D eigenvalue weighted by molar-refractivity contribution is 6.00. The Morgan fingerprint density at radius 3 is 2.38 bits per heavy atom. The smallest absolute Gasteiger partial charge is 0.267 e. The molecule has 0 spiro atoms. The molecule has 1 aromatic carbocycles. The molecule has 0 bridgehead atoms. The third-order valence-electron chi connectivity index (χ3n) is 3.96. The monoisotopic (exact) mass is 323 g/mol. The van der Waals surface area contributed by atoms with Crippen LogP contribution < -0.4 is 5.43 Å². The summed E-state index contributed by atoms with van der Waals surface area (Å²) < 4.78 is 0. The first kappa shape index (κ1) is 17.9. The first-order valence-electron chi connectivity index (χ1n) is 8.54. The Morgan fingerprint density at radius 2 is 1.71 bits per heavy atom. The average Bonchev–Trinajstić information content (AvgIpc) is 2.64. The number of hydrogen-bond donors (Lipinski definition) is 1. The van der Waals surface area contributed by atoms with Gasteiger partial charge in [-0.05, 0) is 43.0 Å². The van der Waals surface area contributed by atoms with Crippen LogP contribution in [0.1, 0.15) is 61.0 Å². The van der Waals surface area contributed by atoms with E-state index >= 15 is 0 Å². The Kier molecular flexibility index (Phi) is 7.15. The van der Waals surface area contributed by atoms with Crippen LogP contribution in [-0.2, 0) is 6.42 Å². The minimum atomic E-state index is -0.232. The van der Waals surface area contributed by atoms with Crippen LogP contribution in [0.15, 0.2) is 53.9 Å². The fraction of sp³-hybridized carbons (Fsp3) is 0.350. The molecule has 0 aliphatic rings. The highest BCUT2D eigenvalue weighted by Crippen LogP contribution is 2.10. The predicted octanol–water partition coefficient (Wildman–Crippen LogP) is 4.36. The molecule has 4 heteroatoms. The lowest BCUT2D eigenvalue weighted by atomic mass is 10.0. The number of carbonyl (C=O) groups excluding carboxylic acids is 1. The summed E-state index contributed by atoms with van der Waals surface area (Å²) in [5, 5.41) is 4.18. The van der Waals surface area contributed by atoms with Crippen molar-refractivity contribution in [3.8, 4) is 0 Å². The fourth-order valence-corrected chi connectivity index (χ4v) is 2.44. The van der Waals surface area contributed by atoms with Crippen molar-refractivity contribution in [2.24, 2.45) is 5.10 Å². The summed E-state index contributed by atoms with van der Waals surface area (Å²) in [5.74, 6) is -0.232. The molecule has 2 rings (SSSR count). The highest BCUT2D eigenvalue weighted by Gasteiger charge is 2.04. The van der Waals surface area contributed by atoms with Gasteiger partial charge in [-0.3, -0.25) is 9.78 Å². The fourth-order valence-electron chi connectivity index (χ4n) is 2.44. The van der Waals surface area contributed by atoms with Crippen LogP contribution in [0.2, 0.25) is 0 Å². The summed E-state index contributed by atoms with van der Waals surface area (Å²) in [4.78, 5) is 15.9. The van der Waals surface area contributed by atoms with Gasteiger partial charge in [0, 0.05) is 18.0 Å². The van der Waals surface area contributed by atoms with Crippen LogP contribution >= 0.6 is 0 Å². The number of aryl methyl sites for hydroxylation is 1. The van der Waals surface area contributed by atoms with Crippen molar-refractivity contribution in [2.45, 2.75) is 46.0 Å². The molecule has 4 nitrogen and oxygen atoms in total. The molecule has 0 saturated carbocycles. The van der Waals surface area contributed by atoms with Gasteiger partial charge < -0.3 is 0 Å². The minimum Gasteiger partial charge on any atom is -0.267 e. The third kappa shape index (κ3) is 5.61. The van der Waals surface area contributed by atoms with Crippen molar-refractivity contribution in [1.82, 2.24) is 10.4 Å². The Bertz CT molecular complexity index is 663. The van der Waals surface area contributed by atoms with Gasteiger partial charge >= 0.3 is 0 Å². The van der Waals surface area contributed by atoms with Crippen molar-refractivity contribution < 1.29 is 4.79 Å². The van der Waals surface area contributed by atoms with Gasteiger partial charge in [0.25, 0.3) is 5.91 Å². The molecule has 2 aromatic rings. The molecule has 0 unspecified atom stereocenters. The van der Waals surface area contributed by atoms with Crippen LogP contribution in [0.25, 0.3) is 0 Å². The normalized spacial score (nSPS) is 11.3. The lowest BCUT2D eigenvalue weighted by Crippen LogP contribution is -2.19. The van der Waals surface area contributed by atoms with Crippen molar-refractivity contribution in [3.63, 3.8) is 0 Å². The molecule has 0 aliphatic heterocycles. The maximum absolute atomic E-state index is 12.0. The number of aromatic nitrogens is 1. The van der Waals surface area contributed by atoms with Crippen LogP contribution in [0.5, 0.6) is 0 Å². The first-order valence-corrected chi connectivity index (χ1v) is 8.54. The van der Waals surface area contributed by atoms with E-state index < -0.39 is 0 Å². The molecule has 126 valence electrons. The maximum Gasteiger partial charge on any atom is 0.271 e. The number of carbonyl (C=O) groups is 1. The zero-order chi connectivity index (χ0) is 17.2. The van der Waals surface area contributed by atoms with Gasteiger partial charge in [0.1, 0.15) is 0 Å². The maximum atomic E-state index is 12.0. The third-order valence-corrected chi connectivity index (χ3v) is 3.96. The first-order chi connectivity index (χ1) is 11.7. The molecule has 0 fully saturated rings. The molecule has 1 N–H and O–H groups in total. The average molecular weight is 323 g/mol. The van der Waals surface area contributed by atoms with Gasteiger partial charge in [-0.15, -0.1) is 0 Å². The molecule has 1 aromatic heterocycles. The van der Waals surface area contributed by atoms with Gasteiger partial charge in [-0.25, -0.2) is 5.43 Å². The van der Waals surface area contributed by atoms with Crippen LogP contribution in [0.3, 0.4) is 0 Å². The van der Waals surface area contributed by atoms with Gasteiger partial charge in [0.05, 0.1) is 5.71 Å². The predicted molar refractivity (Wildman–Crippen MR) is 98.2 cm³/mol. The molecular weight excluding hydrogens is 298 g/mol. The molecule has 0 saturated heterocycles. The van der Waals surface area contributed by atoms with Crippen molar-refractivity contribution in [2.75, 3.05) is 0 Å². The molecule has 0 aliphatic carbocycles. The topological polar surface area (TPSA) is 54.4 Å². The van der Waals surface area contributed by atoms with Crippen LogP contribution in [0.4, 0.5) is 0 Å². The zero-order valence-corrected chi connectivity index (χ0v) is 14.5. The highest BCUT2D eigenvalue weighted by atomic mass is 16.2. The quantitative estimate of drug-likeness (QED) is 0.446. The number of hydrazone groups is 1. The van der Waals surface area contributed by atoms with E-state index in [1.165, 1.54) is 31.2 Å². The number of benzene rings is 1. The number of rotatable bonds is 8.